The third-order valence-corrected chi connectivity index (χ3v) is 10.2. The number of ether oxygens (including phenoxy) is 3. The molecule has 2 aliphatic rings. The quantitative estimate of drug-likeness (QED) is 0.226. The summed E-state index contributed by atoms with van der Waals surface area (Å²) in [5.74, 6) is 0.711. The van der Waals surface area contributed by atoms with Gasteiger partial charge in [0.1, 0.15) is 0 Å². The molecule has 0 amide bonds. The fourth-order valence-corrected chi connectivity index (χ4v) is 7.35. The van der Waals surface area contributed by atoms with Gasteiger partial charge in [-0.25, -0.2) is 0 Å². The minimum atomic E-state index is -0.790. The second kappa shape index (κ2) is 12.8. The number of aliphatic hydroxyl groups is 3. The summed E-state index contributed by atoms with van der Waals surface area (Å²) in [6.07, 6.45) is 6.30. The number of methoxy groups -OCH3 is 1. The molecule has 0 heterocycles. The first-order valence-corrected chi connectivity index (χ1v) is 15.8. The molecule has 2 saturated carbocycles. The van der Waals surface area contributed by atoms with Crippen molar-refractivity contribution in [2.45, 2.75) is 163 Å². The van der Waals surface area contributed by atoms with Crippen LogP contribution in [0.3, 0.4) is 0 Å². The second-order valence-electron chi connectivity index (χ2n) is 17.3. The maximum absolute atomic E-state index is 10.8. The molecule has 0 aliphatic heterocycles. The molecule has 0 aromatic carbocycles. The molecule has 0 saturated heterocycles. The van der Waals surface area contributed by atoms with Crippen LogP contribution in [-0.4, -0.2) is 70.3 Å². The molecule has 5 atom stereocenters. The molecule has 0 radical (unpaired) electrons. The zero-order chi connectivity index (χ0) is 30.9. The smallest absolute Gasteiger partial charge is 0.0651 e. The lowest BCUT2D eigenvalue weighted by Crippen LogP contribution is -2.47. The summed E-state index contributed by atoms with van der Waals surface area (Å²) in [4.78, 5) is 0. The van der Waals surface area contributed by atoms with E-state index in [-0.39, 0.29) is 46.4 Å². The fourth-order valence-electron chi connectivity index (χ4n) is 7.35. The van der Waals surface area contributed by atoms with Crippen molar-refractivity contribution < 1.29 is 29.5 Å². The summed E-state index contributed by atoms with van der Waals surface area (Å²) in [5.41, 5.74) is -2.68. The Balaban J connectivity index is 1.99. The van der Waals surface area contributed by atoms with E-state index < -0.39 is 16.8 Å². The number of rotatable bonds is 13. The van der Waals surface area contributed by atoms with Crippen molar-refractivity contribution in [3.63, 3.8) is 0 Å². The maximum Gasteiger partial charge on any atom is 0.0651 e. The largest absolute Gasteiger partial charge is 0.390 e. The second-order valence-corrected chi connectivity index (χ2v) is 17.3. The van der Waals surface area contributed by atoms with Crippen LogP contribution in [0, 0.1) is 34.5 Å². The molecule has 2 aliphatic carbocycles. The maximum atomic E-state index is 10.8. The lowest BCUT2D eigenvalue weighted by molar-refractivity contribution is -0.128. The highest BCUT2D eigenvalue weighted by Crippen LogP contribution is 2.45. The molecule has 2 fully saturated rings. The van der Waals surface area contributed by atoms with Gasteiger partial charge < -0.3 is 29.5 Å². The normalized spacial score (nSPS) is 30.0. The molecule has 0 aromatic rings. The van der Waals surface area contributed by atoms with Crippen molar-refractivity contribution in [3.8, 4) is 0 Å². The summed E-state index contributed by atoms with van der Waals surface area (Å²) in [7, 11) is 1.78. The number of hydrogen-bond donors (Lipinski definition) is 3. The molecule has 2 rings (SSSR count). The van der Waals surface area contributed by atoms with Crippen molar-refractivity contribution >= 4 is 0 Å². The van der Waals surface area contributed by atoms with Crippen LogP contribution < -0.4 is 0 Å². The highest BCUT2D eigenvalue weighted by atomic mass is 16.5. The van der Waals surface area contributed by atoms with E-state index in [1.54, 1.807) is 7.11 Å². The van der Waals surface area contributed by atoms with Crippen molar-refractivity contribution in [3.05, 3.63) is 0 Å². The molecule has 0 aromatic heterocycles. The molecule has 6 heteroatoms. The molecule has 0 bridgehead atoms. The summed E-state index contributed by atoms with van der Waals surface area (Å²) < 4.78 is 19.0. The summed E-state index contributed by atoms with van der Waals surface area (Å²) in [6, 6.07) is 0. The molecular formula is C34H66O6. The molecule has 0 spiro atoms. The van der Waals surface area contributed by atoms with Crippen LogP contribution in [0.15, 0.2) is 0 Å². The third-order valence-electron chi connectivity index (χ3n) is 10.2. The van der Waals surface area contributed by atoms with Gasteiger partial charge in [-0.05, 0) is 135 Å². The first kappa shape index (κ1) is 36.0. The van der Waals surface area contributed by atoms with E-state index in [1.807, 2.05) is 41.5 Å². The molecule has 5 unspecified atom stereocenters. The van der Waals surface area contributed by atoms with E-state index in [9.17, 15) is 15.3 Å². The Morgan fingerprint density at radius 3 is 1.10 bits per heavy atom. The van der Waals surface area contributed by atoms with Crippen molar-refractivity contribution in [1.82, 2.24) is 0 Å². The van der Waals surface area contributed by atoms with Crippen LogP contribution in [0.25, 0.3) is 0 Å². The Morgan fingerprint density at radius 2 is 0.800 bits per heavy atom. The standard InChI is InChI=1S/C34H66O6/c1-29(2,21-39-27-16-23(31(5,6)35)14-24(17-27)32(7,8)36)20-30(3,4)22-40-28-18-25(33(9,10)37)15-26(19-28)34(11,12)38-13/h23-28,35-37H,14-22H2,1-13H3. The van der Waals surface area contributed by atoms with Crippen molar-refractivity contribution in [1.29, 1.82) is 0 Å². The van der Waals surface area contributed by atoms with Gasteiger partial charge in [-0.1, -0.05) is 27.7 Å². The van der Waals surface area contributed by atoms with Crippen LogP contribution in [0.2, 0.25) is 0 Å². The van der Waals surface area contributed by atoms with Crippen LogP contribution >= 0.6 is 0 Å². The summed E-state index contributed by atoms with van der Waals surface area (Å²) >= 11 is 0. The first-order valence-electron chi connectivity index (χ1n) is 15.8. The zero-order valence-corrected chi connectivity index (χ0v) is 28.4. The van der Waals surface area contributed by atoms with Crippen molar-refractivity contribution in [2.24, 2.45) is 34.5 Å². The Labute approximate surface area is 246 Å². The summed E-state index contributed by atoms with van der Waals surface area (Å²) in [5, 5.41) is 32.4. The fraction of sp³-hybridized carbons (Fsp3) is 1.00. The Hall–Kier alpha value is -0.240. The van der Waals surface area contributed by atoms with E-state index in [0.29, 0.717) is 19.1 Å². The van der Waals surface area contributed by atoms with Gasteiger partial charge >= 0.3 is 0 Å². The van der Waals surface area contributed by atoms with Gasteiger partial charge in [-0.15, -0.1) is 0 Å². The highest BCUT2D eigenvalue weighted by molar-refractivity contribution is 4.95. The third kappa shape index (κ3) is 10.8. The van der Waals surface area contributed by atoms with Gasteiger partial charge in [0.2, 0.25) is 0 Å². The van der Waals surface area contributed by atoms with Crippen LogP contribution in [0.4, 0.5) is 0 Å². The van der Waals surface area contributed by atoms with Gasteiger partial charge in [0.05, 0.1) is 47.8 Å². The predicted molar refractivity (Wildman–Crippen MR) is 163 cm³/mol. The monoisotopic (exact) mass is 570 g/mol. The van der Waals surface area contributed by atoms with E-state index >= 15 is 0 Å². The average molecular weight is 571 g/mol. The van der Waals surface area contributed by atoms with Crippen LogP contribution in [0.1, 0.15) is 128 Å². The van der Waals surface area contributed by atoms with Crippen LogP contribution in [-0.2, 0) is 14.2 Å². The zero-order valence-electron chi connectivity index (χ0n) is 28.4. The van der Waals surface area contributed by atoms with E-state index in [2.05, 4.69) is 41.5 Å². The van der Waals surface area contributed by atoms with Gasteiger partial charge in [0.25, 0.3) is 0 Å². The molecular weight excluding hydrogens is 504 g/mol. The SMILES string of the molecule is COC(C)(C)C1CC(OCC(C)(C)CC(C)(C)COC2CC(C(C)(C)O)CC(C(C)(C)O)C2)CC(C(C)(C)O)C1. The van der Waals surface area contributed by atoms with Gasteiger partial charge in [-0.3, -0.25) is 0 Å². The van der Waals surface area contributed by atoms with Gasteiger partial charge in [0.15, 0.2) is 0 Å². The Morgan fingerprint density at radius 1 is 0.500 bits per heavy atom. The average Bonchev–Trinajstić information content (AvgIpc) is 2.79. The molecule has 6 nitrogen and oxygen atoms in total. The topological polar surface area (TPSA) is 88.4 Å². The van der Waals surface area contributed by atoms with E-state index in [4.69, 9.17) is 14.2 Å². The van der Waals surface area contributed by atoms with Gasteiger partial charge in [-0.2, -0.15) is 0 Å². The van der Waals surface area contributed by atoms with Crippen molar-refractivity contribution in [2.75, 3.05) is 20.3 Å². The summed E-state index contributed by atoms with van der Waals surface area (Å²) in [6.45, 7) is 26.0. The van der Waals surface area contributed by atoms with Crippen LogP contribution in [0.5, 0.6) is 0 Å². The Bertz CT molecular complexity index is 760. The van der Waals surface area contributed by atoms with E-state index in [1.165, 1.54) is 0 Å². The molecule has 3 N–H and O–H groups in total. The lowest BCUT2D eigenvalue weighted by atomic mass is 9.68. The van der Waals surface area contributed by atoms with Gasteiger partial charge in [0, 0.05) is 7.11 Å². The Kier molecular flexibility index (Phi) is 11.5. The first-order chi connectivity index (χ1) is 17.8. The number of hydrogen-bond acceptors (Lipinski definition) is 6. The molecule has 40 heavy (non-hydrogen) atoms. The van der Waals surface area contributed by atoms with E-state index in [0.717, 1.165) is 44.9 Å². The minimum absolute atomic E-state index is 0.0299. The molecule has 238 valence electrons. The minimum Gasteiger partial charge on any atom is -0.390 e. The predicted octanol–water partition coefficient (Wildman–Crippen LogP) is 6.77. The highest BCUT2D eigenvalue weighted by Gasteiger charge is 2.44. The lowest BCUT2D eigenvalue weighted by Gasteiger charge is -2.46.